The number of rotatable bonds is 6. The van der Waals surface area contributed by atoms with Gasteiger partial charge in [0.05, 0.1) is 23.7 Å². The number of carbonyl (C=O) groups is 1. The molecule has 0 radical (unpaired) electrons. The standard InChI is InChI=1S/C25H23N3O2S/c29-24(26-20-14-15-30-23-13-7-4-10-19(20)23)16-28-22-12-6-5-11-21(22)27-25(28)31-17-18-8-2-1-3-9-18/h1-13,20H,14-17H2,(H,26,29). The summed E-state index contributed by atoms with van der Waals surface area (Å²) in [6.07, 6.45) is 0.767. The Labute approximate surface area is 185 Å². The van der Waals surface area contributed by atoms with Crippen LogP contribution in [0.1, 0.15) is 23.6 Å². The van der Waals surface area contributed by atoms with E-state index in [1.165, 1.54) is 5.56 Å². The van der Waals surface area contributed by atoms with Crippen molar-refractivity contribution in [1.82, 2.24) is 14.9 Å². The molecule has 0 saturated heterocycles. The number of carbonyl (C=O) groups excluding carboxylic acids is 1. The van der Waals surface area contributed by atoms with Crippen LogP contribution in [-0.4, -0.2) is 22.1 Å². The number of hydrogen-bond acceptors (Lipinski definition) is 4. The second kappa shape index (κ2) is 8.86. The Kier molecular flexibility index (Phi) is 5.63. The molecule has 1 atom stereocenters. The minimum atomic E-state index is -0.0346. The number of imidazole rings is 1. The SMILES string of the molecule is O=C(Cn1c(SCc2ccccc2)nc2ccccc21)NC1CCOc2ccccc21. The zero-order valence-electron chi connectivity index (χ0n) is 17.0. The topological polar surface area (TPSA) is 56.2 Å². The lowest BCUT2D eigenvalue weighted by Crippen LogP contribution is -2.34. The van der Waals surface area contributed by atoms with Gasteiger partial charge in [-0.2, -0.15) is 0 Å². The van der Waals surface area contributed by atoms with E-state index < -0.39 is 0 Å². The summed E-state index contributed by atoms with van der Waals surface area (Å²) in [5.74, 6) is 1.64. The molecule has 1 unspecified atom stereocenters. The molecule has 5 nitrogen and oxygen atoms in total. The van der Waals surface area contributed by atoms with Crippen molar-refractivity contribution in [3.05, 3.63) is 90.0 Å². The van der Waals surface area contributed by atoms with Crippen molar-refractivity contribution >= 4 is 28.7 Å². The molecule has 0 saturated carbocycles. The Morgan fingerprint density at radius 1 is 1.03 bits per heavy atom. The van der Waals surface area contributed by atoms with Crippen LogP contribution in [0.3, 0.4) is 0 Å². The molecule has 0 aliphatic carbocycles. The van der Waals surface area contributed by atoms with Gasteiger partial charge in [-0.3, -0.25) is 4.79 Å². The maximum atomic E-state index is 13.0. The van der Waals surface area contributed by atoms with Crippen LogP contribution in [0.2, 0.25) is 0 Å². The van der Waals surface area contributed by atoms with Gasteiger partial charge in [-0.1, -0.05) is 72.4 Å². The highest BCUT2D eigenvalue weighted by molar-refractivity contribution is 7.98. The molecule has 2 heterocycles. The summed E-state index contributed by atoms with van der Waals surface area (Å²) in [7, 11) is 0. The van der Waals surface area contributed by atoms with Crippen LogP contribution in [0.5, 0.6) is 5.75 Å². The average Bonchev–Trinajstić information content (AvgIpc) is 3.16. The van der Waals surface area contributed by atoms with E-state index in [1.807, 2.05) is 71.3 Å². The zero-order valence-corrected chi connectivity index (χ0v) is 17.8. The van der Waals surface area contributed by atoms with Gasteiger partial charge in [0.2, 0.25) is 5.91 Å². The number of fused-ring (bicyclic) bond motifs is 2. The number of ether oxygens (including phenoxy) is 1. The van der Waals surface area contributed by atoms with Gasteiger partial charge < -0.3 is 14.6 Å². The first-order chi connectivity index (χ1) is 15.3. The van der Waals surface area contributed by atoms with Crippen molar-refractivity contribution in [3.63, 3.8) is 0 Å². The predicted molar refractivity (Wildman–Crippen MR) is 123 cm³/mol. The van der Waals surface area contributed by atoms with Crippen LogP contribution >= 0.6 is 11.8 Å². The minimum absolute atomic E-state index is 0.0218. The van der Waals surface area contributed by atoms with Gasteiger partial charge >= 0.3 is 0 Å². The average molecular weight is 430 g/mol. The van der Waals surface area contributed by atoms with Gasteiger partial charge in [-0.05, 0) is 23.8 Å². The summed E-state index contributed by atoms with van der Waals surface area (Å²) in [5.41, 5.74) is 4.15. The first-order valence-corrected chi connectivity index (χ1v) is 11.4. The minimum Gasteiger partial charge on any atom is -0.493 e. The van der Waals surface area contributed by atoms with E-state index in [4.69, 9.17) is 9.72 Å². The number of nitrogens with one attached hydrogen (secondary N) is 1. The molecule has 31 heavy (non-hydrogen) atoms. The molecule has 0 fully saturated rings. The molecule has 1 aliphatic rings. The second-order valence-corrected chi connectivity index (χ2v) is 8.48. The van der Waals surface area contributed by atoms with E-state index >= 15 is 0 Å². The van der Waals surface area contributed by atoms with Crippen molar-refractivity contribution in [2.24, 2.45) is 0 Å². The summed E-state index contributed by atoms with van der Waals surface area (Å²) >= 11 is 1.65. The number of amides is 1. The van der Waals surface area contributed by atoms with Gasteiger partial charge in [-0.25, -0.2) is 4.98 Å². The normalized spacial score (nSPS) is 15.3. The van der Waals surface area contributed by atoms with Gasteiger partial charge in [0, 0.05) is 17.7 Å². The summed E-state index contributed by atoms with van der Waals surface area (Å²) < 4.78 is 7.74. The van der Waals surface area contributed by atoms with Crippen LogP contribution in [-0.2, 0) is 17.1 Å². The fourth-order valence-corrected chi connectivity index (χ4v) is 4.88. The molecule has 5 rings (SSSR count). The fraction of sp³-hybridized carbons (Fsp3) is 0.200. The van der Waals surface area contributed by atoms with Gasteiger partial charge in [0.1, 0.15) is 12.3 Å². The van der Waals surface area contributed by atoms with Crippen LogP contribution in [0.25, 0.3) is 11.0 Å². The van der Waals surface area contributed by atoms with Crippen molar-refractivity contribution in [3.8, 4) is 5.75 Å². The lowest BCUT2D eigenvalue weighted by atomic mass is 10.0. The lowest BCUT2D eigenvalue weighted by molar-refractivity contribution is -0.122. The van der Waals surface area contributed by atoms with Gasteiger partial charge in [0.15, 0.2) is 5.16 Å². The Morgan fingerprint density at radius 2 is 1.81 bits per heavy atom. The van der Waals surface area contributed by atoms with E-state index in [1.54, 1.807) is 11.8 Å². The molecule has 0 bridgehead atoms. The number of benzene rings is 3. The highest BCUT2D eigenvalue weighted by atomic mass is 32.2. The number of aromatic nitrogens is 2. The zero-order chi connectivity index (χ0) is 21.0. The summed E-state index contributed by atoms with van der Waals surface area (Å²) in [6, 6.07) is 26.2. The van der Waals surface area contributed by atoms with Crippen molar-refractivity contribution in [2.75, 3.05) is 6.61 Å². The molecular formula is C25H23N3O2S. The second-order valence-electron chi connectivity index (χ2n) is 7.54. The molecular weight excluding hydrogens is 406 g/mol. The molecule has 6 heteroatoms. The number of para-hydroxylation sites is 3. The van der Waals surface area contributed by atoms with Gasteiger partial charge in [0.25, 0.3) is 0 Å². The van der Waals surface area contributed by atoms with E-state index in [9.17, 15) is 4.79 Å². The van der Waals surface area contributed by atoms with Crippen LogP contribution in [0.15, 0.2) is 84.0 Å². The van der Waals surface area contributed by atoms with Crippen molar-refractivity contribution in [2.45, 2.75) is 29.9 Å². The van der Waals surface area contributed by atoms with Crippen LogP contribution in [0.4, 0.5) is 0 Å². The first kappa shape index (κ1) is 19.7. The monoisotopic (exact) mass is 429 g/mol. The quantitative estimate of drug-likeness (QED) is 0.440. The van der Waals surface area contributed by atoms with Crippen molar-refractivity contribution in [1.29, 1.82) is 0 Å². The molecule has 4 aromatic rings. The smallest absolute Gasteiger partial charge is 0.240 e. The van der Waals surface area contributed by atoms with Gasteiger partial charge in [-0.15, -0.1) is 0 Å². The highest BCUT2D eigenvalue weighted by Crippen LogP contribution is 2.32. The Balaban J connectivity index is 1.36. The Bertz CT molecular complexity index is 1210. The van der Waals surface area contributed by atoms with Crippen LogP contribution < -0.4 is 10.1 Å². The van der Waals surface area contributed by atoms with E-state index in [2.05, 4.69) is 17.4 Å². The maximum Gasteiger partial charge on any atom is 0.240 e. The molecule has 0 spiro atoms. The fourth-order valence-electron chi connectivity index (χ4n) is 3.91. The molecule has 156 valence electrons. The number of nitrogens with zero attached hydrogens (tertiary/aromatic N) is 2. The van der Waals surface area contributed by atoms with E-state index in [-0.39, 0.29) is 18.5 Å². The Hall–Kier alpha value is -3.25. The largest absolute Gasteiger partial charge is 0.493 e. The third-order valence-corrected chi connectivity index (χ3v) is 6.47. The maximum absolute atomic E-state index is 13.0. The number of hydrogen-bond donors (Lipinski definition) is 1. The third kappa shape index (κ3) is 4.30. The third-order valence-electron chi connectivity index (χ3n) is 5.43. The Morgan fingerprint density at radius 3 is 2.71 bits per heavy atom. The molecule has 1 N–H and O–H groups in total. The summed E-state index contributed by atoms with van der Waals surface area (Å²) in [6.45, 7) is 0.839. The van der Waals surface area contributed by atoms with E-state index in [0.717, 1.165) is 39.7 Å². The van der Waals surface area contributed by atoms with Crippen LogP contribution in [0, 0.1) is 0 Å². The van der Waals surface area contributed by atoms with E-state index in [0.29, 0.717) is 6.61 Å². The molecule has 1 amide bonds. The summed E-state index contributed by atoms with van der Waals surface area (Å²) in [5, 5.41) is 4.06. The molecule has 3 aromatic carbocycles. The molecule has 1 aliphatic heterocycles. The molecule has 1 aromatic heterocycles. The van der Waals surface area contributed by atoms with Crippen molar-refractivity contribution < 1.29 is 9.53 Å². The predicted octanol–water partition coefficient (Wildman–Crippen LogP) is 4.97. The summed E-state index contributed by atoms with van der Waals surface area (Å²) in [4.78, 5) is 17.8. The first-order valence-electron chi connectivity index (χ1n) is 10.4. The highest BCUT2D eigenvalue weighted by Gasteiger charge is 2.23. The lowest BCUT2D eigenvalue weighted by Gasteiger charge is -2.26. The number of thioether (sulfide) groups is 1.